The van der Waals surface area contributed by atoms with Crippen LogP contribution in [0.4, 0.5) is 4.39 Å². The smallest absolute Gasteiger partial charge is 0.123 e. The van der Waals surface area contributed by atoms with Gasteiger partial charge in [0, 0.05) is 50.5 Å². The number of hydrogen-bond donors (Lipinski definition) is 0. The van der Waals surface area contributed by atoms with Crippen molar-refractivity contribution in [3.8, 4) is 0 Å². The molecule has 0 saturated heterocycles. The SMILES string of the molecule is CCOC[C@@H]1CN(Cc2ccc(F)cc2)Cc2cnn(C)c21. The van der Waals surface area contributed by atoms with Crippen molar-refractivity contribution in [2.45, 2.75) is 25.9 Å². The summed E-state index contributed by atoms with van der Waals surface area (Å²) in [5, 5.41) is 4.39. The van der Waals surface area contributed by atoms with E-state index in [-0.39, 0.29) is 5.82 Å². The van der Waals surface area contributed by atoms with Gasteiger partial charge in [0.25, 0.3) is 0 Å². The molecule has 1 aliphatic rings. The van der Waals surface area contributed by atoms with Crippen molar-refractivity contribution in [3.05, 3.63) is 53.1 Å². The molecule has 1 atom stereocenters. The van der Waals surface area contributed by atoms with E-state index in [9.17, 15) is 4.39 Å². The Kier molecular flexibility index (Phi) is 4.55. The van der Waals surface area contributed by atoms with Crippen LogP contribution in [0.2, 0.25) is 0 Å². The molecule has 0 fully saturated rings. The van der Waals surface area contributed by atoms with Crippen LogP contribution in [0.25, 0.3) is 0 Å². The van der Waals surface area contributed by atoms with Gasteiger partial charge in [-0.25, -0.2) is 4.39 Å². The first kappa shape index (κ1) is 15.2. The highest BCUT2D eigenvalue weighted by atomic mass is 19.1. The average molecular weight is 303 g/mol. The van der Waals surface area contributed by atoms with Crippen molar-refractivity contribution >= 4 is 0 Å². The Labute approximate surface area is 130 Å². The van der Waals surface area contributed by atoms with Crippen molar-refractivity contribution in [3.63, 3.8) is 0 Å². The van der Waals surface area contributed by atoms with Gasteiger partial charge in [-0.3, -0.25) is 9.58 Å². The quantitative estimate of drug-likeness (QED) is 0.851. The Hall–Kier alpha value is -1.72. The van der Waals surface area contributed by atoms with E-state index < -0.39 is 0 Å². The van der Waals surface area contributed by atoms with E-state index in [1.54, 1.807) is 0 Å². The lowest BCUT2D eigenvalue weighted by Gasteiger charge is -2.33. The number of nitrogens with zero attached hydrogens (tertiary/aromatic N) is 3. The van der Waals surface area contributed by atoms with Gasteiger partial charge in [-0.1, -0.05) is 12.1 Å². The summed E-state index contributed by atoms with van der Waals surface area (Å²) in [6, 6.07) is 6.75. The second kappa shape index (κ2) is 6.58. The van der Waals surface area contributed by atoms with Crippen LogP contribution >= 0.6 is 0 Å². The summed E-state index contributed by atoms with van der Waals surface area (Å²) in [7, 11) is 1.99. The third kappa shape index (κ3) is 3.20. The molecule has 0 spiro atoms. The monoisotopic (exact) mass is 303 g/mol. The summed E-state index contributed by atoms with van der Waals surface area (Å²) in [6.07, 6.45) is 1.95. The highest BCUT2D eigenvalue weighted by Gasteiger charge is 2.28. The lowest BCUT2D eigenvalue weighted by molar-refractivity contribution is 0.102. The standard InChI is InChI=1S/C17H22FN3O/c1-3-22-12-15-11-21(9-13-4-6-16(18)7-5-13)10-14-8-19-20(2)17(14)15/h4-8,15H,3,9-12H2,1-2H3/t15-/m0/s1. The van der Waals surface area contributed by atoms with Gasteiger partial charge in [0.2, 0.25) is 0 Å². The number of aryl methyl sites for hydroxylation is 1. The predicted octanol–water partition coefficient (Wildman–Crippen LogP) is 2.70. The van der Waals surface area contributed by atoms with Crippen LogP contribution < -0.4 is 0 Å². The predicted molar refractivity (Wildman–Crippen MR) is 83.0 cm³/mol. The molecule has 4 nitrogen and oxygen atoms in total. The molecular weight excluding hydrogens is 281 g/mol. The number of halogens is 1. The Morgan fingerprint density at radius 1 is 1.32 bits per heavy atom. The Bertz CT molecular complexity index is 623. The molecule has 0 unspecified atom stereocenters. The number of benzene rings is 1. The number of aromatic nitrogens is 2. The maximum atomic E-state index is 13.0. The van der Waals surface area contributed by atoms with Crippen molar-refractivity contribution in [2.75, 3.05) is 19.8 Å². The number of rotatable bonds is 5. The highest BCUT2D eigenvalue weighted by Crippen LogP contribution is 2.29. The summed E-state index contributed by atoms with van der Waals surface area (Å²) >= 11 is 0. The van der Waals surface area contributed by atoms with Gasteiger partial charge in [0.15, 0.2) is 0 Å². The zero-order chi connectivity index (χ0) is 15.5. The molecule has 5 heteroatoms. The minimum Gasteiger partial charge on any atom is -0.381 e. The molecule has 2 heterocycles. The van der Waals surface area contributed by atoms with E-state index >= 15 is 0 Å². The van der Waals surface area contributed by atoms with Crippen LogP contribution in [-0.2, 0) is 24.9 Å². The van der Waals surface area contributed by atoms with Gasteiger partial charge in [-0.05, 0) is 24.6 Å². The molecule has 2 aromatic rings. The number of hydrogen-bond acceptors (Lipinski definition) is 3. The van der Waals surface area contributed by atoms with Crippen LogP contribution in [0.3, 0.4) is 0 Å². The van der Waals surface area contributed by atoms with E-state index in [1.807, 2.05) is 37.0 Å². The molecule has 1 aliphatic heterocycles. The van der Waals surface area contributed by atoms with Crippen LogP contribution in [0.5, 0.6) is 0 Å². The molecular formula is C17H22FN3O. The van der Waals surface area contributed by atoms with Crippen LogP contribution in [0, 0.1) is 5.82 Å². The maximum absolute atomic E-state index is 13.0. The number of ether oxygens (including phenoxy) is 1. The first-order valence-corrected chi connectivity index (χ1v) is 7.72. The highest BCUT2D eigenvalue weighted by molar-refractivity contribution is 5.26. The molecule has 0 aliphatic carbocycles. The molecule has 1 aromatic heterocycles. The third-order valence-electron chi connectivity index (χ3n) is 4.17. The molecule has 0 saturated carbocycles. The average Bonchev–Trinajstić information content (AvgIpc) is 2.89. The van der Waals surface area contributed by atoms with E-state index in [4.69, 9.17) is 4.74 Å². The third-order valence-corrected chi connectivity index (χ3v) is 4.17. The van der Waals surface area contributed by atoms with Gasteiger partial charge in [-0.15, -0.1) is 0 Å². The second-order valence-electron chi connectivity index (χ2n) is 5.83. The van der Waals surface area contributed by atoms with E-state index in [2.05, 4.69) is 10.00 Å². The fourth-order valence-electron chi connectivity index (χ4n) is 3.20. The summed E-state index contributed by atoms with van der Waals surface area (Å²) in [5.74, 6) is 0.141. The van der Waals surface area contributed by atoms with Crippen LogP contribution in [0.15, 0.2) is 30.5 Å². The van der Waals surface area contributed by atoms with Gasteiger partial charge in [0.05, 0.1) is 12.8 Å². The molecule has 0 radical (unpaired) electrons. The molecule has 0 N–H and O–H groups in total. The summed E-state index contributed by atoms with van der Waals surface area (Å²) in [5.41, 5.74) is 3.67. The molecule has 0 amide bonds. The minimum atomic E-state index is -0.189. The molecule has 0 bridgehead atoms. The fraction of sp³-hybridized carbons (Fsp3) is 0.471. The van der Waals surface area contributed by atoms with Gasteiger partial charge < -0.3 is 4.74 Å². The minimum absolute atomic E-state index is 0.189. The molecule has 1 aromatic carbocycles. The summed E-state index contributed by atoms with van der Waals surface area (Å²) < 4.78 is 20.6. The van der Waals surface area contributed by atoms with E-state index in [1.165, 1.54) is 23.4 Å². The van der Waals surface area contributed by atoms with Crippen molar-refractivity contribution in [1.29, 1.82) is 0 Å². The van der Waals surface area contributed by atoms with Crippen LogP contribution in [-0.4, -0.2) is 34.4 Å². The second-order valence-corrected chi connectivity index (χ2v) is 5.83. The van der Waals surface area contributed by atoms with Crippen molar-refractivity contribution < 1.29 is 9.13 Å². The lowest BCUT2D eigenvalue weighted by atomic mass is 9.96. The maximum Gasteiger partial charge on any atom is 0.123 e. The lowest BCUT2D eigenvalue weighted by Crippen LogP contribution is -2.35. The van der Waals surface area contributed by atoms with Crippen molar-refractivity contribution in [2.24, 2.45) is 7.05 Å². The largest absolute Gasteiger partial charge is 0.381 e. The fourth-order valence-corrected chi connectivity index (χ4v) is 3.20. The zero-order valence-corrected chi connectivity index (χ0v) is 13.1. The van der Waals surface area contributed by atoms with E-state index in [0.29, 0.717) is 12.5 Å². The molecule has 3 rings (SSSR count). The Balaban J connectivity index is 1.76. The zero-order valence-electron chi connectivity index (χ0n) is 13.1. The molecule has 22 heavy (non-hydrogen) atoms. The first-order valence-electron chi connectivity index (χ1n) is 7.72. The van der Waals surface area contributed by atoms with Crippen molar-refractivity contribution in [1.82, 2.24) is 14.7 Å². The molecule has 118 valence electrons. The first-order chi connectivity index (χ1) is 10.7. The van der Waals surface area contributed by atoms with Gasteiger partial charge in [0.1, 0.15) is 5.82 Å². The topological polar surface area (TPSA) is 30.3 Å². The van der Waals surface area contributed by atoms with Crippen LogP contribution in [0.1, 0.15) is 29.7 Å². The van der Waals surface area contributed by atoms with E-state index in [0.717, 1.165) is 31.8 Å². The normalized spacial score (nSPS) is 18.4. The number of fused-ring (bicyclic) bond motifs is 1. The Morgan fingerprint density at radius 3 is 2.82 bits per heavy atom. The Morgan fingerprint density at radius 2 is 2.09 bits per heavy atom. The summed E-state index contributed by atoms with van der Waals surface area (Å²) in [4.78, 5) is 2.38. The van der Waals surface area contributed by atoms with Gasteiger partial charge >= 0.3 is 0 Å². The summed E-state index contributed by atoms with van der Waals surface area (Å²) in [6.45, 7) is 6.08. The van der Waals surface area contributed by atoms with Gasteiger partial charge in [-0.2, -0.15) is 5.10 Å².